The van der Waals surface area contributed by atoms with Gasteiger partial charge in [0.2, 0.25) is 4.77 Å². The fourth-order valence-corrected chi connectivity index (χ4v) is 2.21. The second-order valence-corrected chi connectivity index (χ2v) is 5.15. The van der Waals surface area contributed by atoms with Crippen LogP contribution in [0.4, 0.5) is 5.69 Å². The molecular formula is C14H12ClN5S. The third kappa shape index (κ3) is 3.12. The van der Waals surface area contributed by atoms with Crippen molar-refractivity contribution in [3.63, 3.8) is 0 Å². The predicted molar refractivity (Wildman–Crippen MR) is 85.3 cm³/mol. The summed E-state index contributed by atoms with van der Waals surface area (Å²) < 4.78 is 3.78. The van der Waals surface area contributed by atoms with E-state index < -0.39 is 0 Å². The number of hydrogen-bond acceptors (Lipinski definition) is 4. The molecule has 3 aromatic rings. The summed E-state index contributed by atoms with van der Waals surface area (Å²) in [6.07, 6.45) is 0. The molecule has 5 nitrogen and oxygen atoms in total. The van der Waals surface area contributed by atoms with Crippen molar-refractivity contribution in [1.82, 2.24) is 19.8 Å². The molecule has 1 heterocycles. The molecule has 0 spiro atoms. The molecule has 0 radical (unpaired) electrons. The Kier molecular flexibility index (Phi) is 3.98. The Morgan fingerprint density at radius 3 is 2.43 bits per heavy atom. The summed E-state index contributed by atoms with van der Waals surface area (Å²) in [7, 11) is 0. The number of nitrogens with one attached hydrogen (secondary N) is 1. The summed E-state index contributed by atoms with van der Waals surface area (Å²) in [6.45, 7) is 0.438. The van der Waals surface area contributed by atoms with Crippen LogP contribution in [-0.2, 0) is 6.67 Å². The molecule has 106 valence electrons. The van der Waals surface area contributed by atoms with Gasteiger partial charge in [0.05, 0.1) is 5.69 Å². The third-order valence-corrected chi connectivity index (χ3v) is 3.55. The molecule has 7 heteroatoms. The van der Waals surface area contributed by atoms with Crippen LogP contribution in [0.5, 0.6) is 0 Å². The van der Waals surface area contributed by atoms with Gasteiger partial charge in [0.25, 0.3) is 0 Å². The topological polar surface area (TPSA) is 47.7 Å². The molecule has 0 amide bonds. The molecular weight excluding hydrogens is 306 g/mol. The highest BCUT2D eigenvalue weighted by molar-refractivity contribution is 7.71. The Labute approximate surface area is 131 Å². The first-order valence-corrected chi connectivity index (χ1v) is 7.10. The second kappa shape index (κ2) is 6.07. The fourth-order valence-electron chi connectivity index (χ4n) is 1.84. The number of halogens is 1. The Bertz CT molecular complexity index is 779. The molecule has 0 saturated heterocycles. The van der Waals surface area contributed by atoms with Gasteiger partial charge in [0, 0.05) is 10.7 Å². The van der Waals surface area contributed by atoms with E-state index in [9.17, 15) is 0 Å². The van der Waals surface area contributed by atoms with Gasteiger partial charge in [-0.25, -0.2) is 0 Å². The highest BCUT2D eigenvalue weighted by atomic mass is 35.5. The minimum atomic E-state index is 0.438. The molecule has 0 unspecified atom stereocenters. The number of rotatable bonds is 4. The SMILES string of the molecule is S=c1n(CNc2ccc(Cl)cc2)nnn1-c1ccccc1. The molecule has 0 saturated carbocycles. The minimum absolute atomic E-state index is 0.438. The molecule has 0 atom stereocenters. The van der Waals surface area contributed by atoms with Gasteiger partial charge >= 0.3 is 0 Å². The van der Waals surface area contributed by atoms with Gasteiger partial charge in [-0.15, -0.1) is 0 Å². The van der Waals surface area contributed by atoms with E-state index in [0.717, 1.165) is 11.4 Å². The monoisotopic (exact) mass is 317 g/mol. The normalized spacial score (nSPS) is 10.5. The second-order valence-electron chi connectivity index (χ2n) is 4.35. The lowest BCUT2D eigenvalue weighted by Crippen LogP contribution is -2.10. The molecule has 3 rings (SSSR count). The minimum Gasteiger partial charge on any atom is -0.366 e. The van der Waals surface area contributed by atoms with Crippen molar-refractivity contribution < 1.29 is 0 Å². The van der Waals surface area contributed by atoms with Crippen molar-refractivity contribution >= 4 is 29.5 Å². The van der Waals surface area contributed by atoms with E-state index in [4.69, 9.17) is 23.8 Å². The Hall–Kier alpha value is -2.18. The number of para-hydroxylation sites is 1. The lowest BCUT2D eigenvalue weighted by atomic mass is 10.3. The highest BCUT2D eigenvalue weighted by Crippen LogP contribution is 2.13. The summed E-state index contributed by atoms with van der Waals surface area (Å²) in [4.78, 5) is 0. The van der Waals surface area contributed by atoms with Crippen molar-refractivity contribution in [2.45, 2.75) is 6.67 Å². The maximum atomic E-state index is 5.85. The summed E-state index contributed by atoms with van der Waals surface area (Å²) >= 11 is 11.2. The largest absolute Gasteiger partial charge is 0.366 e. The number of aromatic nitrogens is 4. The standard InChI is InChI=1S/C14H12ClN5S/c15-11-6-8-12(9-7-11)16-10-19-14(21)20(18-17-19)13-4-2-1-3-5-13/h1-9,16H,10H2. The molecule has 0 bridgehead atoms. The van der Waals surface area contributed by atoms with Crippen LogP contribution in [0.2, 0.25) is 5.02 Å². The van der Waals surface area contributed by atoms with Gasteiger partial charge in [-0.2, -0.15) is 9.36 Å². The number of hydrogen-bond donors (Lipinski definition) is 1. The predicted octanol–water partition coefficient (Wildman–Crippen LogP) is 3.52. The van der Waals surface area contributed by atoms with Crippen LogP contribution in [-0.4, -0.2) is 19.8 Å². The van der Waals surface area contributed by atoms with Crippen molar-refractivity contribution in [2.75, 3.05) is 5.32 Å². The maximum Gasteiger partial charge on any atom is 0.222 e. The first kappa shape index (κ1) is 13.8. The zero-order valence-electron chi connectivity index (χ0n) is 11.0. The third-order valence-electron chi connectivity index (χ3n) is 2.92. The van der Waals surface area contributed by atoms with Crippen LogP contribution in [0.15, 0.2) is 54.6 Å². The van der Waals surface area contributed by atoms with E-state index in [-0.39, 0.29) is 0 Å². The van der Waals surface area contributed by atoms with Crippen molar-refractivity contribution in [2.24, 2.45) is 0 Å². The molecule has 2 aromatic carbocycles. The highest BCUT2D eigenvalue weighted by Gasteiger charge is 2.04. The van der Waals surface area contributed by atoms with E-state index in [1.165, 1.54) is 0 Å². The zero-order chi connectivity index (χ0) is 14.7. The first-order valence-electron chi connectivity index (χ1n) is 6.32. The maximum absolute atomic E-state index is 5.85. The Morgan fingerprint density at radius 2 is 1.71 bits per heavy atom. The van der Waals surface area contributed by atoms with Gasteiger partial charge in [0.1, 0.15) is 6.67 Å². The van der Waals surface area contributed by atoms with Gasteiger partial charge in [-0.1, -0.05) is 29.8 Å². The van der Waals surface area contributed by atoms with Crippen LogP contribution < -0.4 is 5.32 Å². The first-order chi connectivity index (χ1) is 10.2. The number of anilines is 1. The fraction of sp³-hybridized carbons (Fsp3) is 0.0714. The molecule has 0 aliphatic heterocycles. The molecule has 0 fully saturated rings. The lowest BCUT2D eigenvalue weighted by molar-refractivity contribution is 0.628. The van der Waals surface area contributed by atoms with Gasteiger partial charge in [0.15, 0.2) is 0 Å². The Balaban J connectivity index is 1.77. The van der Waals surface area contributed by atoms with Crippen LogP contribution in [0, 0.1) is 4.77 Å². The smallest absolute Gasteiger partial charge is 0.222 e. The van der Waals surface area contributed by atoms with Crippen LogP contribution >= 0.6 is 23.8 Å². The van der Waals surface area contributed by atoms with E-state index in [0.29, 0.717) is 16.5 Å². The van der Waals surface area contributed by atoms with E-state index >= 15 is 0 Å². The van der Waals surface area contributed by atoms with Crippen LogP contribution in [0.25, 0.3) is 5.69 Å². The van der Waals surface area contributed by atoms with Gasteiger partial charge < -0.3 is 5.32 Å². The average molecular weight is 318 g/mol. The van der Waals surface area contributed by atoms with Gasteiger partial charge in [-0.3, -0.25) is 0 Å². The van der Waals surface area contributed by atoms with Crippen molar-refractivity contribution in [3.05, 3.63) is 64.4 Å². The summed E-state index contributed by atoms with van der Waals surface area (Å²) in [6, 6.07) is 17.1. The molecule has 21 heavy (non-hydrogen) atoms. The molecule has 1 N–H and O–H groups in total. The number of tetrazole rings is 1. The number of benzene rings is 2. The molecule has 0 aliphatic rings. The zero-order valence-corrected chi connectivity index (χ0v) is 12.6. The van der Waals surface area contributed by atoms with Crippen molar-refractivity contribution in [3.8, 4) is 5.69 Å². The molecule has 1 aromatic heterocycles. The summed E-state index contributed by atoms with van der Waals surface area (Å²) in [5.41, 5.74) is 1.83. The quantitative estimate of drug-likeness (QED) is 0.748. The summed E-state index contributed by atoms with van der Waals surface area (Å²) in [5.74, 6) is 0. The van der Waals surface area contributed by atoms with Crippen molar-refractivity contribution in [1.29, 1.82) is 0 Å². The number of nitrogens with zero attached hydrogens (tertiary/aromatic N) is 4. The molecule has 0 aliphatic carbocycles. The van der Waals surface area contributed by atoms with Crippen LogP contribution in [0.1, 0.15) is 0 Å². The lowest BCUT2D eigenvalue weighted by Gasteiger charge is -2.05. The average Bonchev–Trinajstić information content (AvgIpc) is 2.89. The Morgan fingerprint density at radius 1 is 1.00 bits per heavy atom. The van der Waals surface area contributed by atoms with Gasteiger partial charge in [-0.05, 0) is 59.0 Å². The van der Waals surface area contributed by atoms with E-state index in [1.54, 1.807) is 9.36 Å². The summed E-state index contributed by atoms with van der Waals surface area (Å²) in [5, 5.41) is 12.1. The van der Waals surface area contributed by atoms with E-state index in [1.807, 2.05) is 54.6 Å². The van der Waals surface area contributed by atoms with Crippen LogP contribution in [0.3, 0.4) is 0 Å². The van der Waals surface area contributed by atoms with E-state index in [2.05, 4.69) is 15.7 Å².